The molecule has 0 amide bonds. The molecule has 0 saturated carbocycles. The van der Waals surface area contributed by atoms with Crippen LogP contribution < -0.4 is 0 Å². The van der Waals surface area contributed by atoms with Crippen LogP contribution in [0.3, 0.4) is 0 Å². The Bertz CT molecular complexity index is 79.1. The lowest BCUT2D eigenvalue weighted by Gasteiger charge is -2.29. The third-order valence-electron chi connectivity index (χ3n) is 2.09. The summed E-state index contributed by atoms with van der Waals surface area (Å²) in [6.07, 6.45) is -0.190. The summed E-state index contributed by atoms with van der Waals surface area (Å²) >= 11 is 0. The molecule has 0 aliphatic carbocycles. The quantitative estimate of drug-likeness (QED) is 0.576. The fraction of sp³-hybridized carbons (Fsp3) is 1.00. The first-order valence-electron chi connectivity index (χ1n) is 3.53. The van der Waals surface area contributed by atoms with E-state index in [1.807, 2.05) is 6.92 Å². The van der Waals surface area contributed by atoms with E-state index in [1.165, 1.54) is 0 Å². The molecule has 0 aliphatic heterocycles. The summed E-state index contributed by atoms with van der Waals surface area (Å²) < 4.78 is 0. The predicted octanol–water partition coefficient (Wildman–Crippen LogP) is 2.05. The number of hydrogen-bond donors (Lipinski definition) is 1. The van der Waals surface area contributed by atoms with Crippen LogP contribution in [0.25, 0.3) is 0 Å². The fourth-order valence-corrected chi connectivity index (χ4v) is 0.724. The van der Waals surface area contributed by atoms with Gasteiger partial charge in [0.1, 0.15) is 0 Å². The largest absolute Gasteiger partial charge is 0.393 e. The van der Waals surface area contributed by atoms with Gasteiger partial charge in [0.05, 0.1) is 6.10 Å². The molecule has 0 bridgehead atoms. The lowest BCUT2D eigenvalue weighted by atomic mass is 9.79. The van der Waals surface area contributed by atoms with Gasteiger partial charge in [0.2, 0.25) is 0 Å². The van der Waals surface area contributed by atoms with Gasteiger partial charge in [0, 0.05) is 0 Å². The van der Waals surface area contributed by atoms with Crippen molar-refractivity contribution in [3.8, 4) is 0 Å². The molecule has 0 aliphatic rings. The predicted molar refractivity (Wildman–Crippen MR) is 40.3 cm³/mol. The smallest absolute Gasteiger partial charge is 0.0542 e. The van der Waals surface area contributed by atoms with Crippen molar-refractivity contribution in [3.63, 3.8) is 0 Å². The molecule has 0 aromatic heterocycles. The second kappa shape index (κ2) is 2.70. The van der Waals surface area contributed by atoms with E-state index in [9.17, 15) is 0 Å². The third kappa shape index (κ3) is 2.85. The van der Waals surface area contributed by atoms with E-state index in [0.29, 0.717) is 5.92 Å². The second-order valence-electron chi connectivity index (χ2n) is 3.90. The average Bonchev–Trinajstić information content (AvgIpc) is 1.62. The molecule has 1 N–H and O–H groups in total. The van der Waals surface area contributed by atoms with Crippen molar-refractivity contribution in [2.45, 2.75) is 40.7 Å². The molecule has 0 fully saturated rings. The van der Waals surface area contributed by atoms with Crippen LogP contribution in [0.1, 0.15) is 34.6 Å². The van der Waals surface area contributed by atoms with E-state index in [0.717, 1.165) is 0 Å². The van der Waals surface area contributed by atoms with Gasteiger partial charge >= 0.3 is 0 Å². The van der Waals surface area contributed by atoms with Crippen LogP contribution in [0.2, 0.25) is 0 Å². The molecule has 2 atom stereocenters. The SMILES string of the molecule is C[C@H](O)[C@H](C)C(C)(C)C. The van der Waals surface area contributed by atoms with Crippen LogP contribution in [0.4, 0.5) is 0 Å². The van der Waals surface area contributed by atoms with Gasteiger partial charge in [-0.25, -0.2) is 0 Å². The minimum absolute atomic E-state index is 0.190. The van der Waals surface area contributed by atoms with Crippen molar-refractivity contribution >= 4 is 0 Å². The van der Waals surface area contributed by atoms with E-state index in [-0.39, 0.29) is 11.5 Å². The van der Waals surface area contributed by atoms with Crippen molar-refractivity contribution in [3.05, 3.63) is 0 Å². The minimum atomic E-state index is -0.190. The number of aliphatic hydroxyl groups excluding tert-OH is 1. The first-order valence-corrected chi connectivity index (χ1v) is 3.53. The highest BCUT2D eigenvalue weighted by atomic mass is 16.3. The van der Waals surface area contributed by atoms with Gasteiger partial charge in [-0.2, -0.15) is 0 Å². The average molecular weight is 130 g/mol. The maximum absolute atomic E-state index is 9.16. The lowest BCUT2D eigenvalue weighted by molar-refractivity contribution is 0.0685. The summed E-state index contributed by atoms with van der Waals surface area (Å²) in [4.78, 5) is 0. The Hall–Kier alpha value is -0.0400. The van der Waals surface area contributed by atoms with Gasteiger partial charge in [0.25, 0.3) is 0 Å². The Kier molecular flexibility index (Phi) is 2.68. The highest BCUT2D eigenvalue weighted by molar-refractivity contribution is 4.73. The van der Waals surface area contributed by atoms with E-state index in [1.54, 1.807) is 0 Å². The summed E-state index contributed by atoms with van der Waals surface area (Å²) in [6, 6.07) is 0. The van der Waals surface area contributed by atoms with Crippen LogP contribution in [0.5, 0.6) is 0 Å². The molecule has 0 heterocycles. The van der Waals surface area contributed by atoms with E-state index < -0.39 is 0 Å². The van der Waals surface area contributed by atoms with E-state index in [2.05, 4.69) is 27.7 Å². The van der Waals surface area contributed by atoms with Crippen molar-refractivity contribution in [2.75, 3.05) is 0 Å². The summed E-state index contributed by atoms with van der Waals surface area (Å²) in [5, 5.41) is 9.16. The zero-order valence-electron chi connectivity index (χ0n) is 7.10. The molecule has 0 unspecified atom stereocenters. The zero-order chi connectivity index (χ0) is 7.65. The van der Waals surface area contributed by atoms with Crippen molar-refractivity contribution in [1.82, 2.24) is 0 Å². The third-order valence-corrected chi connectivity index (χ3v) is 2.09. The Morgan fingerprint density at radius 2 is 1.44 bits per heavy atom. The first-order chi connectivity index (χ1) is 3.85. The second-order valence-corrected chi connectivity index (χ2v) is 3.90. The zero-order valence-corrected chi connectivity index (χ0v) is 7.10. The summed E-state index contributed by atoms with van der Waals surface area (Å²) in [5.41, 5.74) is 0.230. The van der Waals surface area contributed by atoms with Gasteiger partial charge in [0.15, 0.2) is 0 Å². The lowest BCUT2D eigenvalue weighted by Crippen LogP contribution is -2.27. The molecule has 0 saturated heterocycles. The molecule has 0 aromatic rings. The first kappa shape index (κ1) is 8.96. The monoisotopic (exact) mass is 130 g/mol. The molecule has 0 rings (SSSR count). The van der Waals surface area contributed by atoms with Gasteiger partial charge in [-0.1, -0.05) is 27.7 Å². The maximum atomic E-state index is 9.16. The summed E-state index contributed by atoms with van der Waals surface area (Å²) in [6.45, 7) is 10.3. The Balaban J connectivity index is 3.88. The molecule has 1 nitrogen and oxygen atoms in total. The molecular weight excluding hydrogens is 112 g/mol. The molecule has 0 aromatic carbocycles. The summed E-state index contributed by atoms with van der Waals surface area (Å²) in [5.74, 6) is 0.373. The maximum Gasteiger partial charge on any atom is 0.0542 e. The van der Waals surface area contributed by atoms with Gasteiger partial charge in [-0.3, -0.25) is 0 Å². The number of hydrogen-bond acceptors (Lipinski definition) is 1. The van der Waals surface area contributed by atoms with Crippen LogP contribution in [-0.4, -0.2) is 11.2 Å². The Labute approximate surface area is 58.1 Å². The molecule has 0 radical (unpaired) electrons. The van der Waals surface area contributed by atoms with Crippen molar-refractivity contribution in [1.29, 1.82) is 0 Å². The standard InChI is InChI=1S/C8H18O/c1-6(7(2)9)8(3,4)5/h6-7,9H,1-5H3/t6-,7-/m0/s1. The number of aliphatic hydroxyl groups is 1. The Morgan fingerprint density at radius 3 is 1.44 bits per heavy atom. The van der Waals surface area contributed by atoms with Crippen LogP contribution in [-0.2, 0) is 0 Å². The molecule has 56 valence electrons. The normalized spacial score (nSPS) is 19.3. The molecule has 0 spiro atoms. The minimum Gasteiger partial charge on any atom is -0.393 e. The van der Waals surface area contributed by atoms with Crippen molar-refractivity contribution < 1.29 is 5.11 Å². The van der Waals surface area contributed by atoms with Gasteiger partial charge < -0.3 is 5.11 Å². The van der Waals surface area contributed by atoms with Crippen LogP contribution in [0, 0.1) is 11.3 Å². The van der Waals surface area contributed by atoms with Gasteiger partial charge in [-0.05, 0) is 18.3 Å². The highest BCUT2D eigenvalue weighted by Gasteiger charge is 2.23. The fourth-order valence-electron chi connectivity index (χ4n) is 0.724. The van der Waals surface area contributed by atoms with Crippen LogP contribution in [0.15, 0.2) is 0 Å². The molecule has 1 heteroatoms. The molecular formula is C8H18O. The van der Waals surface area contributed by atoms with Crippen molar-refractivity contribution in [2.24, 2.45) is 11.3 Å². The van der Waals surface area contributed by atoms with E-state index >= 15 is 0 Å². The number of rotatable bonds is 1. The topological polar surface area (TPSA) is 20.2 Å². The van der Waals surface area contributed by atoms with Crippen LogP contribution >= 0.6 is 0 Å². The van der Waals surface area contributed by atoms with E-state index in [4.69, 9.17) is 5.11 Å². The van der Waals surface area contributed by atoms with Gasteiger partial charge in [-0.15, -0.1) is 0 Å². The summed E-state index contributed by atoms with van der Waals surface area (Å²) in [7, 11) is 0. The Morgan fingerprint density at radius 1 is 1.11 bits per heavy atom. The highest BCUT2D eigenvalue weighted by Crippen LogP contribution is 2.27. The molecule has 9 heavy (non-hydrogen) atoms.